The molecule has 1 unspecified atom stereocenters. The summed E-state index contributed by atoms with van der Waals surface area (Å²) in [5.74, 6) is -0.791. The van der Waals surface area contributed by atoms with Crippen LogP contribution in [0.15, 0.2) is 75.9 Å². The summed E-state index contributed by atoms with van der Waals surface area (Å²) in [5.41, 5.74) is 2.77. The molecule has 180 valence electrons. The molecule has 1 aromatic heterocycles. The first-order valence-corrected chi connectivity index (χ1v) is 12.2. The molecule has 0 saturated carbocycles. The van der Waals surface area contributed by atoms with Crippen LogP contribution in [0.5, 0.6) is 0 Å². The summed E-state index contributed by atoms with van der Waals surface area (Å²) in [5, 5.41) is 0.373. The number of amides is 2. The van der Waals surface area contributed by atoms with Gasteiger partial charge in [0.05, 0.1) is 16.6 Å². The van der Waals surface area contributed by atoms with Gasteiger partial charge in [-0.2, -0.15) is 0 Å². The van der Waals surface area contributed by atoms with E-state index < -0.39 is 11.4 Å². The molecule has 3 aromatic carbocycles. The number of benzene rings is 3. The lowest BCUT2D eigenvalue weighted by Crippen LogP contribution is -2.53. The Balaban J connectivity index is 1.69. The maximum Gasteiger partial charge on any atom is 0.291 e. The average molecular weight is 479 g/mol. The third-order valence-electron chi connectivity index (χ3n) is 7.30. The van der Waals surface area contributed by atoms with Gasteiger partial charge in [0, 0.05) is 18.7 Å². The number of fused-ring (bicyclic) bond motifs is 5. The summed E-state index contributed by atoms with van der Waals surface area (Å²) in [4.78, 5) is 45.9. The zero-order chi connectivity index (χ0) is 25.2. The number of rotatable bonds is 4. The Morgan fingerprint density at radius 1 is 0.889 bits per heavy atom. The topological polar surface area (TPSA) is 70.8 Å². The highest BCUT2D eigenvalue weighted by atomic mass is 16.3. The molecular weight excluding hydrogens is 452 g/mol. The predicted molar refractivity (Wildman–Crippen MR) is 138 cm³/mol. The van der Waals surface area contributed by atoms with Gasteiger partial charge in [-0.1, -0.05) is 66.6 Å². The Morgan fingerprint density at radius 2 is 1.61 bits per heavy atom. The van der Waals surface area contributed by atoms with E-state index in [1.807, 2.05) is 75.4 Å². The van der Waals surface area contributed by atoms with Gasteiger partial charge in [-0.3, -0.25) is 14.4 Å². The number of carbonyl (C=O) groups is 2. The van der Waals surface area contributed by atoms with Crippen molar-refractivity contribution in [2.75, 3.05) is 11.4 Å². The summed E-state index contributed by atoms with van der Waals surface area (Å²) in [6.45, 7) is 6.55. The van der Waals surface area contributed by atoms with Crippen molar-refractivity contribution in [3.8, 4) is 0 Å². The van der Waals surface area contributed by atoms with Gasteiger partial charge >= 0.3 is 0 Å². The fourth-order valence-electron chi connectivity index (χ4n) is 5.65. The Morgan fingerprint density at radius 3 is 2.36 bits per heavy atom. The van der Waals surface area contributed by atoms with E-state index in [-0.39, 0.29) is 29.2 Å². The summed E-state index contributed by atoms with van der Waals surface area (Å²) in [7, 11) is 0. The zero-order valence-electron chi connectivity index (χ0n) is 20.5. The van der Waals surface area contributed by atoms with Crippen LogP contribution in [0.1, 0.15) is 51.7 Å². The number of hydrogen-bond acceptors (Lipinski definition) is 4. The second kappa shape index (κ2) is 7.92. The molecule has 1 atom stereocenters. The molecular formula is C30H26N2O4. The van der Waals surface area contributed by atoms with Gasteiger partial charge in [0.1, 0.15) is 5.58 Å². The molecule has 4 aromatic rings. The van der Waals surface area contributed by atoms with Crippen LogP contribution in [0.3, 0.4) is 0 Å². The van der Waals surface area contributed by atoms with Crippen molar-refractivity contribution >= 4 is 28.5 Å². The largest absolute Gasteiger partial charge is 0.450 e. The van der Waals surface area contributed by atoms with E-state index in [2.05, 4.69) is 0 Å². The van der Waals surface area contributed by atoms with Crippen LogP contribution in [0.2, 0.25) is 0 Å². The fourth-order valence-corrected chi connectivity index (χ4v) is 5.65. The van der Waals surface area contributed by atoms with Crippen molar-refractivity contribution in [3.63, 3.8) is 0 Å². The normalized spacial score (nSPS) is 18.4. The first-order chi connectivity index (χ1) is 17.4. The lowest BCUT2D eigenvalue weighted by Gasteiger charge is -2.34. The van der Waals surface area contributed by atoms with Gasteiger partial charge in [0.15, 0.2) is 11.0 Å². The van der Waals surface area contributed by atoms with Crippen LogP contribution in [0.4, 0.5) is 5.69 Å². The third kappa shape index (κ3) is 2.87. The highest BCUT2D eigenvalue weighted by Crippen LogP contribution is 2.53. The van der Waals surface area contributed by atoms with Crippen LogP contribution in [0.25, 0.3) is 11.0 Å². The highest BCUT2D eigenvalue weighted by molar-refractivity contribution is 6.17. The molecule has 36 heavy (non-hydrogen) atoms. The lowest BCUT2D eigenvalue weighted by molar-refractivity contribution is -0.126. The lowest BCUT2D eigenvalue weighted by atomic mass is 9.83. The van der Waals surface area contributed by atoms with Crippen LogP contribution < -0.4 is 10.3 Å². The molecule has 3 heterocycles. The maximum atomic E-state index is 14.4. The van der Waals surface area contributed by atoms with E-state index in [0.717, 1.165) is 28.8 Å². The minimum atomic E-state index is -1.58. The maximum absolute atomic E-state index is 14.4. The molecule has 0 fully saturated rings. The molecule has 2 aliphatic heterocycles. The molecule has 0 N–H and O–H groups in total. The van der Waals surface area contributed by atoms with Crippen LogP contribution in [-0.2, 0) is 16.9 Å². The molecule has 0 bridgehead atoms. The molecule has 6 heteroatoms. The molecule has 0 radical (unpaired) electrons. The van der Waals surface area contributed by atoms with E-state index in [0.29, 0.717) is 23.1 Å². The van der Waals surface area contributed by atoms with E-state index in [1.54, 1.807) is 17.0 Å². The van der Waals surface area contributed by atoms with Crippen LogP contribution in [-0.4, -0.2) is 23.3 Å². The van der Waals surface area contributed by atoms with E-state index in [9.17, 15) is 14.4 Å². The molecule has 2 amide bonds. The van der Waals surface area contributed by atoms with Crippen LogP contribution in [0, 0.1) is 13.8 Å². The minimum Gasteiger partial charge on any atom is -0.450 e. The van der Waals surface area contributed by atoms with Crippen molar-refractivity contribution in [2.45, 2.75) is 39.3 Å². The van der Waals surface area contributed by atoms with Gasteiger partial charge in [0.25, 0.3) is 11.8 Å². The predicted octanol–water partition coefficient (Wildman–Crippen LogP) is 5.07. The number of anilines is 1. The average Bonchev–Trinajstić information content (AvgIpc) is 3.26. The number of carbonyl (C=O) groups excluding carboxylic acids is 2. The first-order valence-electron chi connectivity index (χ1n) is 12.2. The van der Waals surface area contributed by atoms with E-state index in [4.69, 9.17) is 4.42 Å². The summed E-state index contributed by atoms with van der Waals surface area (Å²) < 4.78 is 6.12. The SMILES string of the molecule is CCCN1C(=O)C2(c3ccccc31)c1c(oc3ccc(C)cc3c1=O)C(=O)N2Cc1ccc(C)cc1. The summed E-state index contributed by atoms with van der Waals surface area (Å²) >= 11 is 0. The van der Waals surface area contributed by atoms with E-state index >= 15 is 0 Å². The van der Waals surface area contributed by atoms with E-state index in [1.165, 1.54) is 4.90 Å². The van der Waals surface area contributed by atoms with Gasteiger partial charge in [-0.15, -0.1) is 0 Å². The molecule has 6 nitrogen and oxygen atoms in total. The van der Waals surface area contributed by atoms with Crippen molar-refractivity contribution in [2.24, 2.45) is 0 Å². The Hall–Kier alpha value is -4.19. The standard InChI is InChI=1S/C30H26N2O4/c1-4-15-31-23-8-6-5-7-22(23)30(29(31)35)25-26(33)21-16-19(3)11-14-24(21)36-27(25)28(34)32(30)17-20-12-9-18(2)10-13-20/h5-14,16H,4,15,17H2,1-3H3. The smallest absolute Gasteiger partial charge is 0.291 e. The molecule has 6 rings (SSSR count). The molecule has 2 aliphatic rings. The van der Waals surface area contributed by atoms with Gasteiger partial charge in [0.2, 0.25) is 5.76 Å². The first kappa shape index (κ1) is 22.3. The van der Waals surface area contributed by atoms with Crippen molar-refractivity contribution in [3.05, 3.63) is 111 Å². The number of aryl methyl sites for hydroxylation is 2. The summed E-state index contributed by atoms with van der Waals surface area (Å²) in [6.07, 6.45) is 0.737. The second-order valence-electron chi connectivity index (χ2n) is 9.70. The Labute approximate surface area is 208 Å². The second-order valence-corrected chi connectivity index (χ2v) is 9.70. The minimum absolute atomic E-state index is 0.0510. The van der Waals surface area contributed by atoms with Gasteiger partial charge < -0.3 is 14.2 Å². The molecule has 0 saturated heterocycles. The fraction of sp³-hybridized carbons (Fsp3) is 0.233. The number of nitrogens with zero attached hydrogens (tertiary/aromatic N) is 2. The third-order valence-corrected chi connectivity index (χ3v) is 7.30. The van der Waals surface area contributed by atoms with Crippen LogP contribution >= 0.6 is 0 Å². The van der Waals surface area contributed by atoms with Crippen molar-refractivity contribution in [1.29, 1.82) is 0 Å². The van der Waals surface area contributed by atoms with Crippen molar-refractivity contribution in [1.82, 2.24) is 4.90 Å². The van der Waals surface area contributed by atoms with Gasteiger partial charge in [-0.25, -0.2) is 0 Å². The zero-order valence-corrected chi connectivity index (χ0v) is 20.5. The summed E-state index contributed by atoms with van der Waals surface area (Å²) in [6, 6.07) is 20.6. The van der Waals surface area contributed by atoms with Crippen molar-refractivity contribution < 1.29 is 14.0 Å². The monoisotopic (exact) mass is 478 g/mol. The molecule has 0 aliphatic carbocycles. The Bertz CT molecular complexity index is 1620. The number of para-hydroxylation sites is 1. The molecule has 1 spiro atoms. The highest BCUT2D eigenvalue weighted by Gasteiger charge is 2.64. The number of hydrogen-bond donors (Lipinski definition) is 0. The Kier molecular flexibility index (Phi) is 4.90. The van der Waals surface area contributed by atoms with Gasteiger partial charge in [-0.05, 0) is 44.0 Å². The quantitative estimate of drug-likeness (QED) is 0.411.